The van der Waals surface area contributed by atoms with Crippen molar-refractivity contribution in [1.82, 2.24) is 10.0 Å². The molecule has 1 aromatic rings. The lowest BCUT2D eigenvalue weighted by atomic mass is 9.81. The number of benzene rings is 1. The maximum atomic E-state index is 12.6. The number of nitrogens with one attached hydrogen (secondary N) is 2. The first-order valence-corrected chi connectivity index (χ1v) is 9.22. The Labute approximate surface area is 153 Å². The predicted octanol–water partition coefficient (Wildman–Crippen LogP) is 2.22. The molecule has 0 aliphatic carbocycles. The van der Waals surface area contributed by atoms with Crippen LogP contribution in [0.4, 0.5) is 0 Å². The molecule has 1 fully saturated rings. The summed E-state index contributed by atoms with van der Waals surface area (Å²) < 4.78 is 32.4. The fraction of sp³-hybridized carbons (Fsp3) is 0.533. The second-order valence-electron chi connectivity index (χ2n) is 6.02. The van der Waals surface area contributed by atoms with Crippen LogP contribution in [0.3, 0.4) is 0 Å². The SMILES string of the molecule is COC(=O)c1cc(Cl)ccc1S(=O)(=O)NCC1(C)CCNCC1.Cl. The lowest BCUT2D eigenvalue weighted by Gasteiger charge is -2.34. The third-order valence-corrected chi connectivity index (χ3v) is 5.83. The van der Waals surface area contributed by atoms with Crippen molar-refractivity contribution in [2.24, 2.45) is 5.41 Å². The molecule has 0 saturated carbocycles. The van der Waals surface area contributed by atoms with Crippen LogP contribution in [0.1, 0.15) is 30.1 Å². The molecule has 2 rings (SSSR count). The molecule has 0 atom stereocenters. The molecule has 0 spiro atoms. The largest absolute Gasteiger partial charge is 0.465 e. The Hall–Kier alpha value is -0.860. The number of sulfonamides is 1. The Balaban J connectivity index is 0.00000288. The Morgan fingerprint density at radius 3 is 2.58 bits per heavy atom. The minimum atomic E-state index is -3.83. The van der Waals surface area contributed by atoms with Gasteiger partial charge in [0.15, 0.2) is 0 Å². The van der Waals surface area contributed by atoms with E-state index in [9.17, 15) is 13.2 Å². The third-order valence-electron chi connectivity index (χ3n) is 4.14. The molecule has 2 N–H and O–H groups in total. The van der Waals surface area contributed by atoms with Crippen molar-refractivity contribution >= 4 is 40.0 Å². The van der Waals surface area contributed by atoms with E-state index in [1.54, 1.807) is 0 Å². The van der Waals surface area contributed by atoms with E-state index in [4.69, 9.17) is 11.6 Å². The van der Waals surface area contributed by atoms with Gasteiger partial charge in [0.1, 0.15) is 0 Å². The zero-order chi connectivity index (χ0) is 17.1. The molecule has 1 aromatic carbocycles. The van der Waals surface area contributed by atoms with Gasteiger partial charge in [0.05, 0.1) is 17.6 Å². The van der Waals surface area contributed by atoms with Gasteiger partial charge in [0, 0.05) is 11.6 Å². The van der Waals surface area contributed by atoms with E-state index < -0.39 is 16.0 Å². The van der Waals surface area contributed by atoms with Crippen molar-refractivity contribution < 1.29 is 17.9 Å². The summed E-state index contributed by atoms with van der Waals surface area (Å²) in [5, 5.41) is 3.53. The van der Waals surface area contributed by atoms with Gasteiger partial charge in [-0.25, -0.2) is 17.9 Å². The number of piperidine rings is 1. The molecule has 1 aliphatic heterocycles. The molecule has 0 bridgehead atoms. The van der Waals surface area contributed by atoms with E-state index in [0.717, 1.165) is 25.9 Å². The first-order chi connectivity index (χ1) is 10.8. The molecule has 136 valence electrons. The van der Waals surface area contributed by atoms with E-state index in [1.807, 2.05) is 0 Å². The number of hydrogen-bond donors (Lipinski definition) is 2. The zero-order valence-electron chi connectivity index (χ0n) is 13.6. The van der Waals surface area contributed by atoms with Crippen molar-refractivity contribution in [3.05, 3.63) is 28.8 Å². The second kappa shape index (κ2) is 8.49. The van der Waals surface area contributed by atoms with Crippen molar-refractivity contribution in [2.45, 2.75) is 24.7 Å². The molecular formula is C15H22Cl2N2O4S. The summed E-state index contributed by atoms with van der Waals surface area (Å²) in [6.45, 7) is 4.11. The molecule has 0 radical (unpaired) electrons. The minimum Gasteiger partial charge on any atom is -0.465 e. The Bertz CT molecular complexity index is 689. The minimum absolute atomic E-state index is 0. The number of carbonyl (C=O) groups is 1. The molecule has 9 heteroatoms. The van der Waals surface area contributed by atoms with Crippen molar-refractivity contribution in [2.75, 3.05) is 26.7 Å². The van der Waals surface area contributed by atoms with Crippen LogP contribution in [0, 0.1) is 5.41 Å². The zero-order valence-corrected chi connectivity index (χ0v) is 16.0. The number of halogens is 2. The molecule has 24 heavy (non-hydrogen) atoms. The van der Waals surface area contributed by atoms with Crippen LogP contribution in [0.15, 0.2) is 23.1 Å². The lowest BCUT2D eigenvalue weighted by molar-refractivity contribution is 0.0596. The van der Waals surface area contributed by atoms with Crippen molar-refractivity contribution in [3.8, 4) is 0 Å². The first-order valence-electron chi connectivity index (χ1n) is 7.36. The monoisotopic (exact) mass is 396 g/mol. The topological polar surface area (TPSA) is 84.5 Å². The van der Waals surface area contributed by atoms with Crippen molar-refractivity contribution in [1.29, 1.82) is 0 Å². The number of ether oxygens (including phenoxy) is 1. The normalized spacial score (nSPS) is 17.0. The molecule has 0 unspecified atom stereocenters. The number of hydrogen-bond acceptors (Lipinski definition) is 5. The van der Waals surface area contributed by atoms with Crippen LogP contribution in [-0.4, -0.2) is 41.1 Å². The highest BCUT2D eigenvalue weighted by atomic mass is 35.5. The van der Waals surface area contributed by atoms with Gasteiger partial charge in [-0.3, -0.25) is 0 Å². The smallest absolute Gasteiger partial charge is 0.339 e. The Morgan fingerprint density at radius 1 is 1.38 bits per heavy atom. The summed E-state index contributed by atoms with van der Waals surface area (Å²) in [6, 6.07) is 4.06. The van der Waals surface area contributed by atoms with Crippen LogP contribution >= 0.6 is 24.0 Å². The highest BCUT2D eigenvalue weighted by Crippen LogP contribution is 2.28. The summed E-state index contributed by atoms with van der Waals surface area (Å²) in [5.41, 5.74) is -0.168. The predicted molar refractivity (Wildman–Crippen MR) is 95.4 cm³/mol. The van der Waals surface area contributed by atoms with Gasteiger partial charge in [-0.15, -0.1) is 12.4 Å². The van der Waals surface area contributed by atoms with E-state index in [2.05, 4.69) is 21.7 Å². The summed E-state index contributed by atoms with van der Waals surface area (Å²) >= 11 is 5.86. The average molecular weight is 397 g/mol. The van der Waals surface area contributed by atoms with Crippen LogP contribution in [0.2, 0.25) is 5.02 Å². The number of methoxy groups -OCH3 is 1. The van der Waals surface area contributed by atoms with Gasteiger partial charge < -0.3 is 10.1 Å². The van der Waals surface area contributed by atoms with Crippen LogP contribution < -0.4 is 10.0 Å². The Morgan fingerprint density at radius 2 is 2.00 bits per heavy atom. The fourth-order valence-corrected chi connectivity index (χ4v) is 4.11. The van der Waals surface area contributed by atoms with Gasteiger partial charge in [0.2, 0.25) is 10.0 Å². The summed E-state index contributed by atoms with van der Waals surface area (Å²) in [5.74, 6) is -0.735. The third kappa shape index (κ3) is 5.07. The molecule has 1 saturated heterocycles. The molecular weight excluding hydrogens is 375 g/mol. The average Bonchev–Trinajstić information content (AvgIpc) is 2.53. The quantitative estimate of drug-likeness (QED) is 0.745. The second-order valence-corrected chi connectivity index (χ2v) is 8.19. The van der Waals surface area contributed by atoms with Gasteiger partial charge in [-0.05, 0) is 49.5 Å². The van der Waals surface area contributed by atoms with E-state index in [-0.39, 0.29) is 33.3 Å². The Kier molecular flexibility index (Phi) is 7.49. The molecule has 1 aliphatic rings. The summed E-state index contributed by atoms with van der Waals surface area (Å²) in [7, 11) is -2.63. The summed E-state index contributed by atoms with van der Waals surface area (Å²) in [6.07, 6.45) is 1.78. The molecule has 0 amide bonds. The lowest BCUT2D eigenvalue weighted by Crippen LogP contribution is -2.43. The first kappa shape index (κ1) is 21.2. The highest BCUT2D eigenvalue weighted by molar-refractivity contribution is 7.89. The molecule has 6 nitrogen and oxygen atoms in total. The van der Waals surface area contributed by atoms with Gasteiger partial charge in [-0.2, -0.15) is 0 Å². The maximum absolute atomic E-state index is 12.6. The van der Waals surface area contributed by atoms with E-state index in [0.29, 0.717) is 6.54 Å². The fourth-order valence-electron chi connectivity index (χ4n) is 2.56. The van der Waals surface area contributed by atoms with Gasteiger partial charge in [-0.1, -0.05) is 18.5 Å². The van der Waals surface area contributed by atoms with Crippen LogP contribution in [0.25, 0.3) is 0 Å². The standard InChI is InChI=1S/C15H21ClN2O4S.ClH/c1-15(5-7-17-8-6-15)10-18-23(20,21)13-4-3-11(16)9-12(13)14(19)22-2;/h3-4,9,17-18H,5-8,10H2,1-2H3;1H. The van der Waals surface area contributed by atoms with Crippen molar-refractivity contribution in [3.63, 3.8) is 0 Å². The number of esters is 1. The van der Waals surface area contributed by atoms with Gasteiger partial charge in [0.25, 0.3) is 0 Å². The summed E-state index contributed by atoms with van der Waals surface area (Å²) in [4.78, 5) is 11.7. The van der Waals surface area contributed by atoms with Gasteiger partial charge >= 0.3 is 5.97 Å². The molecule has 1 heterocycles. The van der Waals surface area contributed by atoms with Crippen LogP contribution in [-0.2, 0) is 14.8 Å². The van der Waals surface area contributed by atoms with Crippen LogP contribution in [0.5, 0.6) is 0 Å². The van der Waals surface area contributed by atoms with E-state index in [1.165, 1.54) is 25.3 Å². The molecule has 0 aromatic heterocycles. The van der Waals surface area contributed by atoms with E-state index >= 15 is 0 Å². The number of carbonyl (C=O) groups excluding carboxylic acids is 1. The highest BCUT2D eigenvalue weighted by Gasteiger charge is 2.30. The maximum Gasteiger partial charge on any atom is 0.339 e. The number of rotatable bonds is 5.